The van der Waals surface area contributed by atoms with Gasteiger partial charge in [0.2, 0.25) is 0 Å². The van der Waals surface area contributed by atoms with E-state index >= 15 is 0 Å². The molecule has 0 spiro atoms. The molecule has 2 aromatic carbocycles. The first-order chi connectivity index (χ1) is 12.3. The summed E-state index contributed by atoms with van der Waals surface area (Å²) in [5.74, 6) is 2.03. The Morgan fingerprint density at radius 3 is 2.60 bits per heavy atom. The predicted octanol–water partition coefficient (Wildman–Crippen LogP) is 3.73. The zero-order valence-electron chi connectivity index (χ0n) is 14.1. The number of aliphatic imine (C=N–C) groups is 1. The van der Waals surface area contributed by atoms with Gasteiger partial charge in [-0.25, -0.2) is 4.99 Å². The van der Waals surface area contributed by atoms with Gasteiger partial charge in [-0.05, 0) is 30.7 Å². The van der Waals surface area contributed by atoms with Crippen LogP contribution in [0.2, 0.25) is 0 Å². The van der Waals surface area contributed by atoms with Crippen molar-refractivity contribution in [2.24, 2.45) is 4.99 Å². The lowest BCUT2D eigenvalue weighted by Crippen LogP contribution is -2.41. The largest absolute Gasteiger partial charge is 0.493 e. The van der Waals surface area contributed by atoms with Crippen molar-refractivity contribution < 1.29 is 14.3 Å². The summed E-state index contributed by atoms with van der Waals surface area (Å²) in [7, 11) is 1.58. The number of ether oxygens (including phenoxy) is 2. The molecule has 6 heteroatoms. The monoisotopic (exact) mass is 356 g/mol. The van der Waals surface area contributed by atoms with E-state index in [-0.39, 0.29) is 12.5 Å². The number of hydrogen-bond donors (Lipinski definition) is 0. The molecule has 0 radical (unpaired) electrons. The van der Waals surface area contributed by atoms with Crippen molar-refractivity contribution in [1.82, 2.24) is 4.90 Å². The zero-order valence-corrected chi connectivity index (χ0v) is 14.9. The number of hydrogen-bond acceptors (Lipinski definition) is 5. The lowest BCUT2D eigenvalue weighted by molar-refractivity contribution is -0.129. The molecule has 25 heavy (non-hydrogen) atoms. The molecule has 1 aliphatic heterocycles. The molecule has 0 atom stereocenters. The Bertz CT molecular complexity index is 749. The third-order valence-corrected chi connectivity index (χ3v) is 4.75. The number of carbonyl (C=O) groups is 1. The van der Waals surface area contributed by atoms with Gasteiger partial charge in [0.15, 0.2) is 23.3 Å². The molecular formula is C19H20N2O3S. The van der Waals surface area contributed by atoms with Crippen LogP contribution in [-0.2, 0) is 4.79 Å². The van der Waals surface area contributed by atoms with Crippen molar-refractivity contribution in [2.45, 2.75) is 6.42 Å². The Morgan fingerprint density at radius 2 is 1.84 bits per heavy atom. The van der Waals surface area contributed by atoms with Crippen molar-refractivity contribution in [3.63, 3.8) is 0 Å². The Kier molecular flexibility index (Phi) is 5.95. The summed E-state index contributed by atoms with van der Waals surface area (Å²) in [6, 6.07) is 17.0. The van der Waals surface area contributed by atoms with Crippen molar-refractivity contribution in [3.05, 3.63) is 54.6 Å². The van der Waals surface area contributed by atoms with E-state index in [0.29, 0.717) is 18.0 Å². The minimum atomic E-state index is -0.104. The molecule has 1 heterocycles. The maximum absolute atomic E-state index is 12.6. The van der Waals surface area contributed by atoms with E-state index in [2.05, 4.69) is 4.99 Å². The maximum Gasteiger partial charge on any atom is 0.266 e. The average molecular weight is 356 g/mol. The summed E-state index contributed by atoms with van der Waals surface area (Å²) in [6.07, 6.45) is 0.943. The molecule has 0 N–H and O–H groups in total. The smallest absolute Gasteiger partial charge is 0.266 e. The Hall–Kier alpha value is -2.47. The quantitative estimate of drug-likeness (QED) is 0.819. The van der Waals surface area contributed by atoms with E-state index in [1.165, 1.54) is 0 Å². The number of carbonyl (C=O) groups excluding carboxylic acids is 1. The van der Waals surface area contributed by atoms with E-state index in [1.807, 2.05) is 42.5 Å². The molecule has 0 aromatic heterocycles. The Morgan fingerprint density at radius 1 is 1.12 bits per heavy atom. The van der Waals surface area contributed by atoms with E-state index < -0.39 is 0 Å². The van der Waals surface area contributed by atoms with Gasteiger partial charge in [-0.2, -0.15) is 0 Å². The van der Waals surface area contributed by atoms with Gasteiger partial charge in [0.05, 0.1) is 12.8 Å². The van der Waals surface area contributed by atoms with E-state index in [0.717, 1.165) is 23.0 Å². The third-order valence-electron chi connectivity index (χ3n) is 3.69. The van der Waals surface area contributed by atoms with Gasteiger partial charge >= 0.3 is 0 Å². The van der Waals surface area contributed by atoms with Crippen molar-refractivity contribution in [1.29, 1.82) is 0 Å². The highest BCUT2D eigenvalue weighted by molar-refractivity contribution is 8.13. The van der Waals surface area contributed by atoms with Crippen LogP contribution in [0.1, 0.15) is 6.42 Å². The summed E-state index contributed by atoms with van der Waals surface area (Å²) in [6.45, 7) is 0.613. The number of thioether (sulfide) groups is 1. The van der Waals surface area contributed by atoms with Crippen molar-refractivity contribution >= 4 is 28.5 Å². The molecule has 0 saturated carbocycles. The van der Waals surface area contributed by atoms with Crippen LogP contribution in [0.15, 0.2) is 59.6 Å². The fraction of sp³-hybridized carbons (Fsp3) is 0.263. The molecule has 5 nitrogen and oxygen atoms in total. The third kappa shape index (κ3) is 4.54. The summed E-state index contributed by atoms with van der Waals surface area (Å²) in [5.41, 5.74) is 0.843. The number of benzene rings is 2. The summed E-state index contributed by atoms with van der Waals surface area (Å²) < 4.78 is 10.9. The Labute approximate surface area is 151 Å². The second-order valence-electron chi connectivity index (χ2n) is 5.42. The number of amidine groups is 1. The number of amides is 1. The average Bonchev–Trinajstić information content (AvgIpc) is 2.67. The van der Waals surface area contributed by atoms with E-state index in [1.54, 1.807) is 35.9 Å². The number of methoxy groups -OCH3 is 1. The van der Waals surface area contributed by atoms with Crippen LogP contribution < -0.4 is 9.47 Å². The minimum Gasteiger partial charge on any atom is -0.493 e. The summed E-state index contributed by atoms with van der Waals surface area (Å²) in [5, 5.41) is 0.728. The van der Waals surface area contributed by atoms with Gasteiger partial charge in [0.25, 0.3) is 5.91 Å². The van der Waals surface area contributed by atoms with Crippen LogP contribution in [0.3, 0.4) is 0 Å². The molecule has 130 valence electrons. The maximum atomic E-state index is 12.6. The minimum absolute atomic E-state index is 0.0469. The van der Waals surface area contributed by atoms with Gasteiger partial charge < -0.3 is 9.47 Å². The lowest BCUT2D eigenvalue weighted by Gasteiger charge is -2.27. The molecule has 3 rings (SSSR count). The predicted molar refractivity (Wildman–Crippen MR) is 101 cm³/mol. The molecule has 0 unspecified atom stereocenters. The SMILES string of the molecule is COc1ccccc1OCC(=O)N1CCCSC1=Nc1ccccc1. The fourth-order valence-corrected chi connectivity index (χ4v) is 3.43. The van der Waals surface area contributed by atoms with Crippen molar-refractivity contribution in [3.8, 4) is 11.5 Å². The Balaban J connectivity index is 1.70. The molecular weight excluding hydrogens is 336 g/mol. The topological polar surface area (TPSA) is 51.1 Å². The second-order valence-corrected chi connectivity index (χ2v) is 6.48. The second kappa shape index (κ2) is 8.58. The summed E-state index contributed by atoms with van der Waals surface area (Å²) in [4.78, 5) is 19.0. The van der Waals surface area contributed by atoms with Gasteiger partial charge in [-0.15, -0.1) is 0 Å². The van der Waals surface area contributed by atoms with E-state index in [4.69, 9.17) is 9.47 Å². The van der Waals surface area contributed by atoms with Gasteiger partial charge in [0, 0.05) is 12.3 Å². The summed E-state index contributed by atoms with van der Waals surface area (Å²) >= 11 is 1.60. The molecule has 1 amide bonds. The highest BCUT2D eigenvalue weighted by Crippen LogP contribution is 2.26. The standard InChI is InChI=1S/C19H20N2O3S/c1-23-16-10-5-6-11-17(16)24-14-18(22)21-12-7-13-25-19(21)20-15-8-3-2-4-9-15/h2-6,8-11H,7,12-14H2,1H3. The van der Waals surface area contributed by atoms with Crippen LogP contribution in [0.5, 0.6) is 11.5 Å². The number of para-hydroxylation sites is 3. The molecule has 0 bridgehead atoms. The fourth-order valence-electron chi connectivity index (χ4n) is 2.45. The highest BCUT2D eigenvalue weighted by atomic mass is 32.2. The van der Waals surface area contributed by atoms with Crippen LogP contribution >= 0.6 is 11.8 Å². The molecule has 0 aliphatic carbocycles. The first-order valence-electron chi connectivity index (χ1n) is 8.10. The first-order valence-corrected chi connectivity index (χ1v) is 9.09. The van der Waals surface area contributed by atoms with Crippen molar-refractivity contribution in [2.75, 3.05) is 26.0 Å². The number of nitrogens with zero attached hydrogens (tertiary/aromatic N) is 2. The highest BCUT2D eigenvalue weighted by Gasteiger charge is 2.24. The van der Waals surface area contributed by atoms with Gasteiger partial charge in [0.1, 0.15) is 0 Å². The van der Waals surface area contributed by atoms with Crippen LogP contribution in [0.4, 0.5) is 5.69 Å². The number of rotatable bonds is 5. The molecule has 1 aliphatic rings. The molecule has 1 saturated heterocycles. The lowest BCUT2D eigenvalue weighted by atomic mass is 10.3. The normalized spacial score (nSPS) is 15.9. The van der Waals surface area contributed by atoms with Gasteiger partial charge in [-0.3, -0.25) is 9.69 Å². The zero-order chi connectivity index (χ0) is 17.5. The first kappa shape index (κ1) is 17.4. The van der Waals surface area contributed by atoms with E-state index in [9.17, 15) is 4.79 Å². The van der Waals surface area contributed by atoms with Gasteiger partial charge in [-0.1, -0.05) is 42.1 Å². The molecule has 2 aromatic rings. The van der Waals surface area contributed by atoms with Crippen LogP contribution in [0.25, 0.3) is 0 Å². The van der Waals surface area contributed by atoms with Crippen LogP contribution in [-0.4, -0.2) is 42.0 Å². The molecule has 1 fully saturated rings. The van der Waals surface area contributed by atoms with Crippen LogP contribution in [0, 0.1) is 0 Å².